The van der Waals surface area contributed by atoms with Crippen molar-refractivity contribution < 1.29 is 27.5 Å². The van der Waals surface area contributed by atoms with Crippen molar-refractivity contribution in [3.63, 3.8) is 0 Å². The number of hydrogen-bond donors (Lipinski definition) is 0. The van der Waals surface area contributed by atoms with Gasteiger partial charge in [0.1, 0.15) is 5.60 Å². The zero-order valence-corrected chi connectivity index (χ0v) is 18.2. The summed E-state index contributed by atoms with van der Waals surface area (Å²) in [6.45, 7) is 5.93. The van der Waals surface area contributed by atoms with E-state index < -0.39 is 28.8 Å². The van der Waals surface area contributed by atoms with Gasteiger partial charge in [0.05, 0.1) is 16.7 Å². The fourth-order valence-electron chi connectivity index (χ4n) is 4.39. The molecule has 1 spiro atoms. The van der Waals surface area contributed by atoms with Crippen molar-refractivity contribution in [3.05, 3.63) is 59.7 Å². The van der Waals surface area contributed by atoms with Gasteiger partial charge in [-0.15, -0.1) is 0 Å². The van der Waals surface area contributed by atoms with E-state index in [1.54, 1.807) is 37.8 Å². The topological polar surface area (TPSA) is 49.9 Å². The zero-order chi connectivity index (χ0) is 23.3. The van der Waals surface area contributed by atoms with E-state index in [0.717, 1.165) is 17.7 Å². The number of amides is 2. The van der Waals surface area contributed by atoms with Gasteiger partial charge in [-0.05, 0) is 69.5 Å². The van der Waals surface area contributed by atoms with Gasteiger partial charge in [-0.1, -0.05) is 18.2 Å². The van der Waals surface area contributed by atoms with Crippen LogP contribution in [0, 0.1) is 5.41 Å². The maximum absolute atomic E-state index is 13.8. The van der Waals surface area contributed by atoms with Crippen LogP contribution in [0.25, 0.3) is 0 Å². The third-order valence-electron chi connectivity index (χ3n) is 5.88. The predicted octanol–water partition coefficient (Wildman–Crippen LogP) is 5.55. The average Bonchev–Trinajstić information content (AvgIpc) is 3.12. The molecule has 1 fully saturated rings. The Kier molecular flexibility index (Phi) is 5.22. The first-order valence-corrected chi connectivity index (χ1v) is 10.5. The number of carbonyl (C=O) groups is 2. The first-order chi connectivity index (χ1) is 14.9. The lowest BCUT2D eigenvalue weighted by Gasteiger charge is -2.40. The molecule has 1 atom stereocenters. The van der Waals surface area contributed by atoms with E-state index in [9.17, 15) is 22.8 Å². The van der Waals surface area contributed by atoms with E-state index in [1.807, 2.05) is 12.1 Å². The minimum atomic E-state index is -4.46. The lowest BCUT2D eigenvalue weighted by molar-refractivity contribution is -0.137. The Bertz CT molecular complexity index is 1040. The van der Waals surface area contributed by atoms with Crippen molar-refractivity contribution in [1.29, 1.82) is 0 Å². The van der Waals surface area contributed by atoms with E-state index >= 15 is 0 Å². The van der Waals surface area contributed by atoms with Gasteiger partial charge in [-0.25, -0.2) is 4.79 Å². The van der Waals surface area contributed by atoms with Crippen LogP contribution >= 0.6 is 0 Å². The molecular formula is C24H25F3N2O3. The largest absolute Gasteiger partial charge is 0.444 e. The molecule has 8 heteroatoms. The number of rotatable bonds is 1. The van der Waals surface area contributed by atoms with E-state index in [-0.39, 0.29) is 12.5 Å². The Hall–Kier alpha value is -3.03. The van der Waals surface area contributed by atoms with Gasteiger partial charge in [-0.2, -0.15) is 13.2 Å². The molecule has 0 bridgehead atoms. The molecule has 0 radical (unpaired) electrons. The Morgan fingerprint density at radius 2 is 1.69 bits per heavy atom. The van der Waals surface area contributed by atoms with Gasteiger partial charge in [0, 0.05) is 18.8 Å². The molecule has 0 aliphatic carbocycles. The van der Waals surface area contributed by atoms with Crippen molar-refractivity contribution in [2.45, 2.75) is 45.4 Å². The molecule has 0 aromatic heterocycles. The van der Waals surface area contributed by atoms with Gasteiger partial charge >= 0.3 is 12.3 Å². The maximum Gasteiger partial charge on any atom is 0.416 e. The highest BCUT2D eigenvalue weighted by Gasteiger charge is 2.52. The second-order valence-electron chi connectivity index (χ2n) is 9.42. The Labute approximate surface area is 184 Å². The molecule has 2 aromatic rings. The number of halogens is 3. The molecule has 5 nitrogen and oxygen atoms in total. The number of carbonyl (C=O) groups excluding carboxylic acids is 2. The Morgan fingerprint density at radius 1 is 1.03 bits per heavy atom. The fourth-order valence-corrected chi connectivity index (χ4v) is 4.39. The molecule has 32 heavy (non-hydrogen) atoms. The van der Waals surface area contributed by atoms with Gasteiger partial charge in [0.25, 0.3) is 0 Å². The number of fused-ring (bicyclic) bond motifs is 1. The molecule has 2 amide bonds. The van der Waals surface area contributed by atoms with E-state index in [4.69, 9.17) is 4.74 Å². The fraction of sp³-hybridized carbons (Fsp3) is 0.417. The van der Waals surface area contributed by atoms with Crippen LogP contribution < -0.4 is 4.90 Å². The number of alkyl halides is 3. The summed E-state index contributed by atoms with van der Waals surface area (Å²) in [6.07, 6.45) is -4.01. The number of ether oxygens (including phenoxy) is 1. The van der Waals surface area contributed by atoms with Crippen LogP contribution in [0.1, 0.15) is 38.3 Å². The molecule has 4 rings (SSSR count). The Balaban J connectivity index is 1.68. The molecule has 2 aromatic carbocycles. The van der Waals surface area contributed by atoms with Crippen LogP contribution in [0.15, 0.2) is 48.5 Å². The average molecular weight is 446 g/mol. The highest BCUT2D eigenvalue weighted by atomic mass is 19.4. The molecule has 2 heterocycles. The number of hydrogen-bond acceptors (Lipinski definition) is 3. The smallest absolute Gasteiger partial charge is 0.416 e. The van der Waals surface area contributed by atoms with E-state index in [2.05, 4.69) is 0 Å². The van der Waals surface area contributed by atoms with Crippen molar-refractivity contribution in [2.24, 2.45) is 5.41 Å². The zero-order valence-electron chi connectivity index (χ0n) is 18.2. The number of nitrogens with zero attached hydrogens (tertiary/aromatic N) is 2. The number of benzene rings is 2. The lowest BCUT2D eigenvalue weighted by Crippen LogP contribution is -2.49. The highest BCUT2D eigenvalue weighted by molar-refractivity contribution is 6.07. The number of anilines is 2. The van der Waals surface area contributed by atoms with Crippen LogP contribution in [0.5, 0.6) is 0 Å². The molecule has 2 aliphatic heterocycles. The summed E-state index contributed by atoms with van der Waals surface area (Å²) < 4.78 is 44.5. The lowest BCUT2D eigenvalue weighted by atomic mass is 9.76. The monoisotopic (exact) mass is 446 g/mol. The standard InChI is InChI=1S/C24H25F3N2O3/c1-22(2,3)32-21(31)28-13-12-23(15-28)14-16-6-4-5-7-19(16)29(20(23)30)18-10-8-17(9-11-18)24(25,26)27/h4-11H,12-15H2,1-3H3. The second-order valence-corrected chi connectivity index (χ2v) is 9.42. The van der Waals surface area contributed by atoms with Gasteiger partial charge < -0.3 is 9.64 Å². The third kappa shape index (κ3) is 4.06. The predicted molar refractivity (Wildman–Crippen MR) is 114 cm³/mol. The van der Waals surface area contributed by atoms with Crippen molar-refractivity contribution in [1.82, 2.24) is 4.90 Å². The summed E-state index contributed by atoms with van der Waals surface area (Å²) in [5, 5.41) is 0. The third-order valence-corrected chi connectivity index (χ3v) is 5.88. The van der Waals surface area contributed by atoms with Crippen LogP contribution in [0.3, 0.4) is 0 Å². The van der Waals surface area contributed by atoms with E-state index in [0.29, 0.717) is 30.8 Å². The summed E-state index contributed by atoms with van der Waals surface area (Å²) in [6, 6.07) is 12.0. The summed E-state index contributed by atoms with van der Waals surface area (Å²) >= 11 is 0. The van der Waals surface area contributed by atoms with Crippen LogP contribution in [0.2, 0.25) is 0 Å². The van der Waals surface area contributed by atoms with Crippen molar-refractivity contribution >= 4 is 23.4 Å². The molecule has 0 N–H and O–H groups in total. The number of para-hydroxylation sites is 1. The van der Waals surface area contributed by atoms with Gasteiger partial charge in [0.15, 0.2) is 0 Å². The van der Waals surface area contributed by atoms with Gasteiger partial charge in [0.2, 0.25) is 5.91 Å². The molecule has 1 unspecified atom stereocenters. The second kappa shape index (κ2) is 7.53. The first kappa shape index (κ1) is 22.2. The summed E-state index contributed by atoms with van der Waals surface area (Å²) in [5.41, 5.74) is -0.344. The van der Waals surface area contributed by atoms with Gasteiger partial charge in [-0.3, -0.25) is 9.69 Å². The minimum absolute atomic E-state index is 0.201. The summed E-state index contributed by atoms with van der Waals surface area (Å²) in [4.78, 5) is 29.4. The van der Waals surface area contributed by atoms with E-state index in [1.165, 1.54) is 17.0 Å². The van der Waals surface area contributed by atoms with Crippen LogP contribution in [0.4, 0.5) is 29.3 Å². The van der Waals surface area contributed by atoms with Crippen molar-refractivity contribution in [2.75, 3.05) is 18.0 Å². The normalized spacial score (nSPS) is 21.1. The molecule has 0 saturated carbocycles. The highest BCUT2D eigenvalue weighted by Crippen LogP contribution is 2.46. The molecular weight excluding hydrogens is 421 g/mol. The molecule has 170 valence electrons. The van der Waals surface area contributed by atoms with Crippen molar-refractivity contribution in [3.8, 4) is 0 Å². The van der Waals surface area contributed by atoms with Crippen LogP contribution in [-0.4, -0.2) is 35.6 Å². The quantitative estimate of drug-likeness (QED) is 0.577. The molecule has 1 saturated heterocycles. The Morgan fingerprint density at radius 3 is 2.31 bits per heavy atom. The SMILES string of the molecule is CC(C)(C)OC(=O)N1CCC2(Cc3ccccc3N(c3ccc(C(F)(F)F)cc3)C2=O)C1. The first-order valence-electron chi connectivity index (χ1n) is 10.5. The maximum atomic E-state index is 13.8. The molecule has 2 aliphatic rings. The minimum Gasteiger partial charge on any atom is -0.444 e. The number of likely N-dealkylation sites (tertiary alicyclic amines) is 1. The van der Waals surface area contributed by atoms with Crippen LogP contribution in [-0.2, 0) is 22.1 Å². The summed E-state index contributed by atoms with van der Waals surface area (Å²) in [5.74, 6) is -0.220. The summed E-state index contributed by atoms with van der Waals surface area (Å²) in [7, 11) is 0.